The number of aromatic amines is 1. The van der Waals surface area contributed by atoms with Crippen LogP contribution in [0.25, 0.3) is 10.9 Å². The van der Waals surface area contributed by atoms with Gasteiger partial charge in [-0.1, -0.05) is 30.1 Å². The van der Waals surface area contributed by atoms with Gasteiger partial charge in [-0.25, -0.2) is 0 Å². The van der Waals surface area contributed by atoms with Crippen molar-refractivity contribution in [3.63, 3.8) is 0 Å². The molecule has 2 aromatic rings. The first-order valence-corrected chi connectivity index (χ1v) is 8.05. The van der Waals surface area contributed by atoms with Crippen LogP contribution in [0.1, 0.15) is 31.0 Å². The fourth-order valence-electron chi connectivity index (χ4n) is 2.54. The summed E-state index contributed by atoms with van der Waals surface area (Å²) in [7, 11) is 1.56. The maximum atomic E-state index is 11.5. The fourth-order valence-corrected chi connectivity index (χ4v) is 3.01. The Morgan fingerprint density at radius 3 is 2.73 bits per heavy atom. The molecule has 1 heterocycles. The minimum atomic E-state index is 0.0821. The average Bonchev–Trinajstić information content (AvgIpc) is 2.80. The molecule has 0 atom stereocenters. The number of ether oxygens (including phenoxy) is 1. The zero-order chi connectivity index (χ0) is 16.3. The Balaban J connectivity index is 2.28. The first kappa shape index (κ1) is 17.0. The number of hydrogen-bond donors (Lipinski definition) is 2. The number of halogens is 2. The third kappa shape index (κ3) is 3.33. The molecule has 2 N–H and O–H groups in total. The number of H-pyrrole nitrogens is 1. The minimum absolute atomic E-state index is 0.0821. The summed E-state index contributed by atoms with van der Waals surface area (Å²) in [5.41, 5.74) is 2.94. The van der Waals surface area contributed by atoms with Crippen molar-refractivity contribution in [1.82, 2.24) is 10.3 Å². The Labute approximate surface area is 140 Å². The second-order valence-corrected chi connectivity index (χ2v) is 5.96. The van der Waals surface area contributed by atoms with Crippen molar-refractivity contribution in [3.8, 4) is 5.75 Å². The third-order valence-corrected chi connectivity index (χ3v) is 4.51. The van der Waals surface area contributed by atoms with Gasteiger partial charge in [0.15, 0.2) is 0 Å². The lowest BCUT2D eigenvalue weighted by Crippen LogP contribution is -2.25. The number of aromatic nitrogens is 1. The summed E-state index contributed by atoms with van der Waals surface area (Å²) in [6, 6.07) is 1.89. The van der Waals surface area contributed by atoms with Crippen molar-refractivity contribution < 1.29 is 9.53 Å². The van der Waals surface area contributed by atoms with E-state index in [2.05, 4.69) is 10.3 Å². The van der Waals surface area contributed by atoms with Gasteiger partial charge in [0.05, 0.1) is 17.6 Å². The van der Waals surface area contributed by atoms with Gasteiger partial charge in [0, 0.05) is 24.0 Å². The van der Waals surface area contributed by atoms with E-state index >= 15 is 0 Å². The van der Waals surface area contributed by atoms with E-state index < -0.39 is 0 Å². The topological polar surface area (TPSA) is 54.1 Å². The molecule has 22 heavy (non-hydrogen) atoms. The van der Waals surface area contributed by atoms with Crippen LogP contribution in [0.4, 0.5) is 0 Å². The lowest BCUT2D eigenvalue weighted by molar-refractivity contribution is -0.121. The highest BCUT2D eigenvalue weighted by molar-refractivity contribution is 6.46. The molecule has 1 aromatic carbocycles. The summed E-state index contributed by atoms with van der Waals surface area (Å²) in [5.74, 6) is 0.632. The van der Waals surface area contributed by atoms with Gasteiger partial charge in [-0.15, -0.1) is 0 Å². The molecule has 2 rings (SSSR count). The van der Waals surface area contributed by atoms with E-state index in [-0.39, 0.29) is 5.91 Å². The van der Waals surface area contributed by atoms with Gasteiger partial charge in [-0.05, 0) is 31.4 Å². The van der Waals surface area contributed by atoms with Crippen molar-refractivity contribution in [1.29, 1.82) is 0 Å². The van der Waals surface area contributed by atoms with E-state index in [4.69, 9.17) is 27.9 Å². The van der Waals surface area contributed by atoms with E-state index in [9.17, 15) is 4.79 Å². The van der Waals surface area contributed by atoms with Gasteiger partial charge in [0.1, 0.15) is 10.8 Å². The van der Waals surface area contributed by atoms with Gasteiger partial charge in [-0.2, -0.15) is 0 Å². The molecular formula is C16H20Cl2N2O2. The molecule has 120 valence electrons. The summed E-state index contributed by atoms with van der Waals surface area (Å²) >= 11 is 12.5. The molecule has 0 fully saturated rings. The van der Waals surface area contributed by atoms with Gasteiger partial charge in [0.25, 0.3) is 0 Å². The fraction of sp³-hybridized carbons (Fsp3) is 0.438. The van der Waals surface area contributed by atoms with E-state index in [1.807, 2.05) is 19.9 Å². The molecule has 1 aromatic heterocycles. The highest BCUT2D eigenvalue weighted by atomic mass is 35.5. The SMILES string of the molecule is CCCC(=O)NCCc1c(C)[nH]c2c(Cl)c(Cl)c(OC)cc12. The molecule has 0 radical (unpaired) electrons. The largest absolute Gasteiger partial charge is 0.495 e. The first-order chi connectivity index (χ1) is 10.5. The number of nitrogens with one attached hydrogen (secondary N) is 2. The average molecular weight is 343 g/mol. The van der Waals surface area contributed by atoms with Gasteiger partial charge < -0.3 is 15.0 Å². The van der Waals surface area contributed by atoms with E-state index in [1.165, 1.54) is 0 Å². The number of benzene rings is 1. The molecule has 0 spiro atoms. The van der Waals surface area contributed by atoms with Crippen LogP contribution < -0.4 is 10.1 Å². The molecule has 4 nitrogen and oxygen atoms in total. The van der Waals surface area contributed by atoms with Crippen molar-refractivity contribution >= 4 is 40.0 Å². The molecule has 0 saturated carbocycles. The quantitative estimate of drug-likeness (QED) is 0.824. The number of hydrogen-bond acceptors (Lipinski definition) is 2. The zero-order valence-electron chi connectivity index (χ0n) is 13.0. The number of fused-ring (bicyclic) bond motifs is 1. The standard InChI is InChI=1S/C16H20Cl2N2O2/c1-4-5-13(21)19-7-6-10-9(2)20-16-11(10)8-12(22-3)14(17)15(16)18/h8,20H,4-7H2,1-3H3,(H,19,21). The maximum absolute atomic E-state index is 11.5. The van der Waals surface area contributed by atoms with Gasteiger partial charge in [0.2, 0.25) is 5.91 Å². The molecule has 1 amide bonds. The molecule has 0 aliphatic carbocycles. The minimum Gasteiger partial charge on any atom is -0.495 e. The molecule has 0 saturated heterocycles. The Morgan fingerprint density at radius 1 is 1.36 bits per heavy atom. The van der Waals surface area contributed by atoms with Crippen LogP contribution >= 0.6 is 23.2 Å². The maximum Gasteiger partial charge on any atom is 0.219 e. The van der Waals surface area contributed by atoms with Crippen LogP contribution in [0.5, 0.6) is 5.75 Å². The monoisotopic (exact) mass is 342 g/mol. The Bertz CT molecular complexity index is 695. The molecular weight excluding hydrogens is 323 g/mol. The van der Waals surface area contributed by atoms with Crippen LogP contribution in [0.3, 0.4) is 0 Å². The third-order valence-electron chi connectivity index (χ3n) is 3.66. The Morgan fingerprint density at radius 2 is 2.09 bits per heavy atom. The summed E-state index contributed by atoms with van der Waals surface area (Å²) < 4.78 is 5.27. The van der Waals surface area contributed by atoms with Crippen LogP contribution in [0.2, 0.25) is 10.0 Å². The van der Waals surface area contributed by atoms with E-state index in [0.29, 0.717) is 28.8 Å². The second-order valence-electron chi connectivity index (χ2n) is 5.21. The van der Waals surface area contributed by atoms with Crippen molar-refractivity contribution in [2.24, 2.45) is 0 Å². The van der Waals surface area contributed by atoms with Crippen LogP contribution in [0.15, 0.2) is 6.07 Å². The molecule has 6 heteroatoms. The lowest BCUT2D eigenvalue weighted by Gasteiger charge is -2.08. The normalized spacial score (nSPS) is 11.0. The summed E-state index contributed by atoms with van der Waals surface area (Å²) in [6.45, 7) is 4.57. The van der Waals surface area contributed by atoms with Gasteiger partial charge >= 0.3 is 0 Å². The predicted molar refractivity (Wildman–Crippen MR) is 91.2 cm³/mol. The molecule has 0 aliphatic rings. The van der Waals surface area contributed by atoms with Crippen LogP contribution in [0, 0.1) is 6.92 Å². The molecule has 0 bridgehead atoms. The summed E-state index contributed by atoms with van der Waals surface area (Å²) in [6.07, 6.45) is 2.13. The van der Waals surface area contributed by atoms with Crippen LogP contribution in [-0.4, -0.2) is 24.5 Å². The summed E-state index contributed by atoms with van der Waals surface area (Å²) in [4.78, 5) is 14.8. The van der Waals surface area contributed by atoms with E-state index in [0.717, 1.165) is 35.0 Å². The summed E-state index contributed by atoms with van der Waals surface area (Å²) in [5, 5.41) is 4.77. The lowest BCUT2D eigenvalue weighted by atomic mass is 10.1. The van der Waals surface area contributed by atoms with E-state index in [1.54, 1.807) is 7.11 Å². The molecule has 0 aliphatic heterocycles. The smallest absolute Gasteiger partial charge is 0.219 e. The van der Waals surface area contributed by atoms with Crippen molar-refractivity contribution in [2.75, 3.05) is 13.7 Å². The second kappa shape index (κ2) is 7.25. The number of methoxy groups -OCH3 is 1. The Kier molecular flexibility index (Phi) is 5.59. The van der Waals surface area contributed by atoms with Crippen molar-refractivity contribution in [2.45, 2.75) is 33.1 Å². The van der Waals surface area contributed by atoms with Crippen molar-refractivity contribution in [3.05, 3.63) is 27.4 Å². The van der Waals surface area contributed by atoms with Gasteiger partial charge in [-0.3, -0.25) is 4.79 Å². The highest BCUT2D eigenvalue weighted by Crippen LogP contribution is 2.40. The Hall–Kier alpha value is -1.39. The first-order valence-electron chi connectivity index (χ1n) is 7.29. The van der Waals surface area contributed by atoms with Crippen LogP contribution in [-0.2, 0) is 11.2 Å². The number of carbonyl (C=O) groups excluding carboxylic acids is 1. The highest BCUT2D eigenvalue weighted by Gasteiger charge is 2.17. The number of aryl methyl sites for hydroxylation is 1. The number of carbonyl (C=O) groups is 1. The molecule has 0 unspecified atom stereocenters. The zero-order valence-corrected chi connectivity index (χ0v) is 14.5. The number of amides is 1. The predicted octanol–water partition coefficient (Wildman–Crippen LogP) is 4.25. The number of rotatable bonds is 6.